The normalized spacial score (nSPS) is 17.6. The number of nitrogens with zero attached hydrogens (tertiary/aromatic N) is 2. The van der Waals surface area contributed by atoms with Gasteiger partial charge in [0.15, 0.2) is 0 Å². The minimum atomic E-state index is -0.415. The van der Waals surface area contributed by atoms with Crippen LogP contribution in [0.15, 0.2) is 48.8 Å². The fraction of sp³-hybridized carbons (Fsp3) is 0.143. The highest BCUT2D eigenvalue weighted by Crippen LogP contribution is 2.39. The Balaban J connectivity index is 2.06. The topological polar surface area (TPSA) is 59.2 Å². The summed E-state index contributed by atoms with van der Waals surface area (Å²) in [6.45, 7) is 0. The van der Waals surface area contributed by atoms with Crippen LogP contribution in [0.4, 0.5) is 10.5 Å². The number of rotatable bonds is 1. The first-order chi connectivity index (χ1) is 8.77. The van der Waals surface area contributed by atoms with Crippen molar-refractivity contribution in [1.29, 1.82) is 0 Å². The number of anilines is 1. The number of hydrogen-bond acceptors (Lipinski definition) is 2. The van der Waals surface area contributed by atoms with Crippen LogP contribution in [0.5, 0.6) is 0 Å². The highest BCUT2D eigenvalue weighted by Gasteiger charge is 2.33. The Morgan fingerprint density at radius 1 is 1.22 bits per heavy atom. The van der Waals surface area contributed by atoms with Crippen LogP contribution < -0.4 is 10.6 Å². The molecule has 1 aliphatic rings. The molecule has 0 fully saturated rings. The van der Waals surface area contributed by atoms with Gasteiger partial charge < -0.3 is 5.73 Å². The van der Waals surface area contributed by atoms with Crippen LogP contribution in [0.1, 0.15) is 17.2 Å². The first-order valence-electron chi connectivity index (χ1n) is 5.84. The summed E-state index contributed by atoms with van der Waals surface area (Å²) in [5.41, 5.74) is 8.63. The van der Waals surface area contributed by atoms with Crippen molar-refractivity contribution in [3.8, 4) is 0 Å². The van der Waals surface area contributed by atoms with Gasteiger partial charge in [0.1, 0.15) is 0 Å². The van der Waals surface area contributed by atoms with Gasteiger partial charge in [0.2, 0.25) is 0 Å². The zero-order chi connectivity index (χ0) is 12.5. The molecule has 0 spiro atoms. The van der Waals surface area contributed by atoms with E-state index in [0.29, 0.717) is 0 Å². The predicted molar refractivity (Wildman–Crippen MR) is 69.2 cm³/mol. The van der Waals surface area contributed by atoms with Crippen LogP contribution in [-0.2, 0) is 6.42 Å². The molecule has 0 saturated heterocycles. The van der Waals surface area contributed by atoms with Crippen molar-refractivity contribution in [1.82, 2.24) is 4.98 Å². The molecule has 0 saturated carbocycles. The van der Waals surface area contributed by atoms with E-state index in [1.54, 1.807) is 17.3 Å². The van der Waals surface area contributed by atoms with Crippen LogP contribution in [0.2, 0.25) is 0 Å². The van der Waals surface area contributed by atoms with Gasteiger partial charge in [-0.15, -0.1) is 0 Å². The van der Waals surface area contributed by atoms with Gasteiger partial charge in [-0.3, -0.25) is 9.88 Å². The maximum absolute atomic E-state index is 11.7. The molecule has 2 aromatic rings. The van der Waals surface area contributed by atoms with Gasteiger partial charge in [-0.25, -0.2) is 4.79 Å². The van der Waals surface area contributed by atoms with Gasteiger partial charge in [-0.2, -0.15) is 0 Å². The highest BCUT2D eigenvalue weighted by atomic mass is 16.2. The van der Waals surface area contributed by atoms with E-state index < -0.39 is 6.03 Å². The lowest BCUT2D eigenvalue weighted by atomic mass is 10.0. The molecule has 1 unspecified atom stereocenters. The molecule has 18 heavy (non-hydrogen) atoms. The smallest absolute Gasteiger partial charge is 0.319 e. The van der Waals surface area contributed by atoms with Gasteiger partial charge in [0, 0.05) is 18.1 Å². The van der Waals surface area contributed by atoms with Crippen molar-refractivity contribution in [3.05, 3.63) is 59.9 Å². The van der Waals surface area contributed by atoms with E-state index >= 15 is 0 Å². The SMILES string of the molecule is NC(=O)N1c2ccccc2CC1c1ccncc1. The first kappa shape index (κ1) is 10.8. The van der Waals surface area contributed by atoms with Crippen LogP contribution in [0.25, 0.3) is 0 Å². The molecule has 90 valence electrons. The molecule has 1 aromatic carbocycles. The van der Waals surface area contributed by atoms with Crippen molar-refractivity contribution in [2.24, 2.45) is 5.73 Å². The van der Waals surface area contributed by atoms with E-state index in [0.717, 1.165) is 23.2 Å². The molecule has 2 heterocycles. The number of benzene rings is 1. The minimum Gasteiger partial charge on any atom is -0.351 e. The Morgan fingerprint density at radius 2 is 1.94 bits per heavy atom. The number of fused-ring (bicyclic) bond motifs is 1. The van der Waals surface area contributed by atoms with Crippen LogP contribution in [0.3, 0.4) is 0 Å². The molecule has 1 aromatic heterocycles. The average Bonchev–Trinajstić information content (AvgIpc) is 2.79. The second kappa shape index (κ2) is 4.14. The van der Waals surface area contributed by atoms with Gasteiger partial charge in [-0.05, 0) is 35.7 Å². The Hall–Kier alpha value is -2.36. The van der Waals surface area contributed by atoms with Gasteiger partial charge in [0.05, 0.1) is 6.04 Å². The van der Waals surface area contributed by atoms with E-state index in [1.807, 2.05) is 36.4 Å². The molecule has 4 heteroatoms. The summed E-state index contributed by atoms with van der Waals surface area (Å²) in [6, 6.07) is 11.3. The van der Waals surface area contributed by atoms with Gasteiger partial charge in [-0.1, -0.05) is 18.2 Å². The monoisotopic (exact) mass is 239 g/mol. The number of pyridine rings is 1. The third kappa shape index (κ3) is 1.62. The Labute approximate surface area is 105 Å². The van der Waals surface area contributed by atoms with Gasteiger partial charge in [0.25, 0.3) is 0 Å². The van der Waals surface area contributed by atoms with E-state index in [4.69, 9.17) is 5.73 Å². The zero-order valence-corrected chi connectivity index (χ0v) is 9.78. The Bertz CT molecular complexity index is 583. The number of amides is 2. The van der Waals surface area contributed by atoms with Crippen LogP contribution in [-0.4, -0.2) is 11.0 Å². The Kier molecular flexibility index (Phi) is 2.48. The highest BCUT2D eigenvalue weighted by molar-refractivity contribution is 5.94. The fourth-order valence-corrected chi connectivity index (χ4v) is 2.51. The third-order valence-corrected chi connectivity index (χ3v) is 3.30. The minimum absolute atomic E-state index is 0.0251. The quantitative estimate of drug-likeness (QED) is 0.829. The maximum atomic E-state index is 11.7. The zero-order valence-electron chi connectivity index (χ0n) is 9.78. The lowest BCUT2D eigenvalue weighted by molar-refractivity contribution is 0.252. The summed E-state index contributed by atoms with van der Waals surface area (Å²) < 4.78 is 0. The molecule has 0 radical (unpaired) electrons. The molecule has 0 aliphatic carbocycles. The number of aromatic nitrogens is 1. The lowest BCUT2D eigenvalue weighted by Gasteiger charge is -2.23. The number of carbonyl (C=O) groups excluding carboxylic acids is 1. The summed E-state index contributed by atoms with van der Waals surface area (Å²) in [5.74, 6) is 0. The standard InChI is InChI=1S/C14H13N3O/c15-14(18)17-12-4-2-1-3-11(12)9-13(17)10-5-7-16-8-6-10/h1-8,13H,9H2,(H2,15,18). The molecule has 4 nitrogen and oxygen atoms in total. The summed E-state index contributed by atoms with van der Waals surface area (Å²) in [7, 11) is 0. The molecule has 1 atom stereocenters. The molecule has 0 bridgehead atoms. The number of primary amides is 1. The number of nitrogens with two attached hydrogens (primary N) is 1. The Morgan fingerprint density at radius 3 is 2.67 bits per heavy atom. The van der Waals surface area contributed by atoms with E-state index in [-0.39, 0.29) is 6.04 Å². The number of para-hydroxylation sites is 1. The van der Waals surface area contributed by atoms with Gasteiger partial charge >= 0.3 is 6.03 Å². The second-order valence-electron chi connectivity index (χ2n) is 4.34. The fourth-order valence-electron chi connectivity index (χ4n) is 2.51. The summed E-state index contributed by atoms with van der Waals surface area (Å²) >= 11 is 0. The van der Waals surface area contributed by atoms with Crippen molar-refractivity contribution in [2.75, 3.05) is 4.90 Å². The van der Waals surface area contributed by atoms with Crippen molar-refractivity contribution in [2.45, 2.75) is 12.5 Å². The summed E-state index contributed by atoms with van der Waals surface area (Å²) in [5, 5.41) is 0. The van der Waals surface area contributed by atoms with Crippen LogP contribution >= 0.6 is 0 Å². The molecular formula is C14H13N3O. The van der Waals surface area contributed by atoms with E-state index in [9.17, 15) is 4.79 Å². The van der Waals surface area contributed by atoms with Crippen molar-refractivity contribution in [3.63, 3.8) is 0 Å². The molecule has 1 aliphatic heterocycles. The summed E-state index contributed by atoms with van der Waals surface area (Å²) in [4.78, 5) is 17.3. The summed E-state index contributed by atoms with van der Waals surface area (Å²) in [6.07, 6.45) is 4.26. The largest absolute Gasteiger partial charge is 0.351 e. The number of urea groups is 1. The third-order valence-electron chi connectivity index (χ3n) is 3.30. The number of hydrogen-bond donors (Lipinski definition) is 1. The molecule has 3 rings (SSSR count). The van der Waals surface area contributed by atoms with Crippen molar-refractivity contribution < 1.29 is 4.79 Å². The van der Waals surface area contributed by atoms with E-state index in [2.05, 4.69) is 4.98 Å². The first-order valence-corrected chi connectivity index (χ1v) is 5.84. The van der Waals surface area contributed by atoms with Crippen LogP contribution in [0, 0.1) is 0 Å². The molecular weight excluding hydrogens is 226 g/mol. The number of carbonyl (C=O) groups is 1. The predicted octanol–water partition coefficient (Wildman–Crippen LogP) is 2.26. The molecule has 2 N–H and O–H groups in total. The second-order valence-corrected chi connectivity index (χ2v) is 4.34. The van der Waals surface area contributed by atoms with E-state index in [1.165, 1.54) is 0 Å². The lowest BCUT2D eigenvalue weighted by Crippen LogP contribution is -2.36. The average molecular weight is 239 g/mol. The van der Waals surface area contributed by atoms with Crippen molar-refractivity contribution >= 4 is 11.7 Å². The maximum Gasteiger partial charge on any atom is 0.319 e. The molecule has 2 amide bonds.